The molecule has 0 bridgehead atoms. The molecule has 156 valence electrons. The Hall–Kier alpha value is -2.56. The SMILES string of the molecule is CNC(=O)c1c(C)sc2c(C(F)(F)F)cc(OC3CC4(C3)CN(C(=O)O)C4)nc12. The van der Waals surface area contributed by atoms with Gasteiger partial charge in [0.15, 0.2) is 0 Å². The minimum absolute atomic E-state index is 0.0218. The molecule has 0 aromatic carbocycles. The van der Waals surface area contributed by atoms with Crippen molar-refractivity contribution in [2.45, 2.75) is 32.0 Å². The summed E-state index contributed by atoms with van der Waals surface area (Å²) in [6, 6.07) is 0.876. The van der Waals surface area contributed by atoms with Gasteiger partial charge >= 0.3 is 12.3 Å². The van der Waals surface area contributed by atoms with Gasteiger partial charge in [-0.15, -0.1) is 11.3 Å². The summed E-state index contributed by atoms with van der Waals surface area (Å²) in [6.45, 7) is 2.40. The van der Waals surface area contributed by atoms with E-state index in [1.807, 2.05) is 0 Å². The number of alkyl halides is 3. The van der Waals surface area contributed by atoms with E-state index in [0.29, 0.717) is 30.8 Å². The van der Waals surface area contributed by atoms with Crippen LogP contribution in [0.15, 0.2) is 6.07 Å². The molecule has 2 N–H and O–H groups in total. The number of thiophene rings is 1. The first-order valence-electron chi connectivity index (χ1n) is 8.91. The fraction of sp³-hybridized carbons (Fsp3) is 0.500. The van der Waals surface area contributed by atoms with Crippen LogP contribution in [0.4, 0.5) is 18.0 Å². The molecule has 2 aromatic rings. The molecule has 2 fully saturated rings. The van der Waals surface area contributed by atoms with Crippen molar-refractivity contribution in [3.8, 4) is 5.88 Å². The summed E-state index contributed by atoms with van der Waals surface area (Å²) < 4.78 is 46.5. The Morgan fingerprint density at radius 2 is 2.03 bits per heavy atom. The maximum Gasteiger partial charge on any atom is 0.418 e. The van der Waals surface area contributed by atoms with E-state index in [4.69, 9.17) is 9.84 Å². The number of halogens is 3. The molecule has 2 aliphatic rings. The lowest BCUT2D eigenvalue weighted by atomic mass is 9.62. The highest BCUT2D eigenvalue weighted by Crippen LogP contribution is 2.50. The van der Waals surface area contributed by atoms with E-state index in [1.54, 1.807) is 6.92 Å². The van der Waals surface area contributed by atoms with E-state index < -0.39 is 23.7 Å². The zero-order valence-corrected chi connectivity index (χ0v) is 16.4. The first-order chi connectivity index (χ1) is 13.5. The first-order valence-corrected chi connectivity index (χ1v) is 9.72. The Labute approximate surface area is 167 Å². The Kier molecular flexibility index (Phi) is 4.41. The summed E-state index contributed by atoms with van der Waals surface area (Å²) in [5.41, 5.74) is -0.932. The Bertz CT molecular complexity index is 1010. The van der Waals surface area contributed by atoms with Gasteiger partial charge in [-0.05, 0) is 19.8 Å². The van der Waals surface area contributed by atoms with Gasteiger partial charge < -0.3 is 20.1 Å². The lowest BCUT2D eigenvalue weighted by molar-refractivity contribution is -0.136. The summed E-state index contributed by atoms with van der Waals surface area (Å²) >= 11 is 0.879. The van der Waals surface area contributed by atoms with Crippen molar-refractivity contribution in [1.29, 1.82) is 0 Å². The van der Waals surface area contributed by atoms with Gasteiger partial charge in [-0.25, -0.2) is 9.78 Å². The molecule has 11 heteroatoms. The number of ether oxygens (including phenoxy) is 1. The highest BCUT2D eigenvalue weighted by molar-refractivity contribution is 7.19. The molecule has 4 rings (SSSR count). The second-order valence-corrected chi connectivity index (χ2v) is 8.81. The Morgan fingerprint density at radius 1 is 1.38 bits per heavy atom. The van der Waals surface area contributed by atoms with E-state index in [-0.39, 0.29) is 33.2 Å². The molecule has 29 heavy (non-hydrogen) atoms. The minimum Gasteiger partial charge on any atom is -0.474 e. The lowest BCUT2D eigenvalue weighted by Gasteiger charge is -2.57. The van der Waals surface area contributed by atoms with Crippen LogP contribution in [0.2, 0.25) is 0 Å². The summed E-state index contributed by atoms with van der Waals surface area (Å²) in [7, 11) is 1.41. The molecule has 7 nitrogen and oxygen atoms in total. The van der Waals surface area contributed by atoms with E-state index in [0.717, 1.165) is 17.4 Å². The molecule has 1 aliphatic carbocycles. The second-order valence-electron chi connectivity index (χ2n) is 7.58. The van der Waals surface area contributed by atoms with Gasteiger partial charge in [0.1, 0.15) is 6.10 Å². The van der Waals surface area contributed by atoms with Crippen LogP contribution in [-0.4, -0.2) is 53.2 Å². The number of nitrogens with one attached hydrogen (secondary N) is 1. The van der Waals surface area contributed by atoms with Crippen LogP contribution in [0.3, 0.4) is 0 Å². The topological polar surface area (TPSA) is 91.8 Å². The maximum atomic E-state index is 13.6. The Morgan fingerprint density at radius 3 is 2.59 bits per heavy atom. The third-order valence-corrected chi connectivity index (χ3v) is 6.61. The van der Waals surface area contributed by atoms with Gasteiger partial charge in [-0.2, -0.15) is 13.2 Å². The predicted octanol–water partition coefficient (Wildman–Crippen LogP) is 3.50. The van der Waals surface area contributed by atoms with Crippen molar-refractivity contribution in [3.63, 3.8) is 0 Å². The number of aromatic nitrogens is 1. The molecule has 1 saturated carbocycles. The quantitative estimate of drug-likeness (QED) is 0.779. The molecule has 0 unspecified atom stereocenters. The number of carbonyl (C=O) groups is 2. The molecule has 1 spiro atoms. The molecule has 0 atom stereocenters. The van der Waals surface area contributed by atoms with Crippen molar-refractivity contribution in [2.75, 3.05) is 20.1 Å². The van der Waals surface area contributed by atoms with E-state index in [9.17, 15) is 22.8 Å². The van der Waals surface area contributed by atoms with Crippen molar-refractivity contribution in [3.05, 3.63) is 22.1 Å². The number of carbonyl (C=O) groups excluding carboxylic acids is 1. The Balaban J connectivity index is 1.62. The molecule has 1 saturated heterocycles. The molecule has 1 aliphatic heterocycles. The number of carboxylic acid groups (broad SMARTS) is 1. The molecule has 3 heterocycles. The minimum atomic E-state index is -4.62. The van der Waals surface area contributed by atoms with E-state index in [2.05, 4.69) is 10.3 Å². The van der Waals surface area contributed by atoms with Crippen LogP contribution in [-0.2, 0) is 6.18 Å². The first kappa shape index (κ1) is 19.7. The van der Waals surface area contributed by atoms with Crippen LogP contribution < -0.4 is 10.1 Å². The van der Waals surface area contributed by atoms with Crippen LogP contribution in [0.25, 0.3) is 10.2 Å². The smallest absolute Gasteiger partial charge is 0.418 e. The fourth-order valence-corrected chi connectivity index (χ4v) is 5.26. The van der Waals surface area contributed by atoms with Crippen molar-refractivity contribution in [1.82, 2.24) is 15.2 Å². The average molecular weight is 429 g/mol. The number of amides is 2. The third kappa shape index (κ3) is 3.26. The standard InChI is InChI=1S/C18H18F3N3O4S/c1-8-12(15(25)22-2)13-14(29-8)10(18(19,20)21)3-11(23-13)28-9-4-17(5-9)6-24(7-17)16(26)27/h3,9H,4-7H2,1-2H3,(H,22,25)(H,26,27). The van der Waals surface area contributed by atoms with Crippen LogP contribution in [0, 0.1) is 12.3 Å². The zero-order chi connectivity index (χ0) is 21.1. The maximum absolute atomic E-state index is 13.6. The number of hydrogen-bond acceptors (Lipinski definition) is 5. The number of fused-ring (bicyclic) bond motifs is 1. The highest BCUT2D eigenvalue weighted by atomic mass is 32.1. The number of hydrogen-bond donors (Lipinski definition) is 2. The number of pyridine rings is 1. The molecular formula is C18H18F3N3O4S. The lowest BCUT2D eigenvalue weighted by Crippen LogP contribution is -2.65. The number of nitrogens with zero attached hydrogens (tertiary/aromatic N) is 2. The third-order valence-electron chi connectivity index (χ3n) is 5.48. The predicted molar refractivity (Wildman–Crippen MR) is 98.4 cm³/mol. The van der Waals surface area contributed by atoms with Crippen molar-refractivity contribution in [2.24, 2.45) is 5.41 Å². The van der Waals surface area contributed by atoms with Gasteiger partial charge in [0.25, 0.3) is 5.91 Å². The summed E-state index contributed by atoms with van der Waals surface area (Å²) in [4.78, 5) is 29.0. The summed E-state index contributed by atoms with van der Waals surface area (Å²) in [6.07, 6.45) is -4.81. The van der Waals surface area contributed by atoms with Gasteiger partial charge in [-0.3, -0.25) is 4.79 Å². The molecular weight excluding hydrogens is 411 g/mol. The fourth-order valence-electron chi connectivity index (χ4n) is 4.13. The van der Waals surface area contributed by atoms with Gasteiger partial charge in [0.2, 0.25) is 5.88 Å². The average Bonchev–Trinajstić information content (AvgIpc) is 2.88. The molecule has 2 amide bonds. The molecule has 0 radical (unpaired) electrons. The van der Waals surface area contributed by atoms with E-state index >= 15 is 0 Å². The zero-order valence-electron chi connectivity index (χ0n) is 15.6. The number of rotatable bonds is 3. The monoisotopic (exact) mass is 429 g/mol. The largest absolute Gasteiger partial charge is 0.474 e. The second kappa shape index (κ2) is 6.48. The van der Waals surface area contributed by atoms with Crippen molar-refractivity contribution < 1.29 is 32.6 Å². The van der Waals surface area contributed by atoms with Crippen molar-refractivity contribution >= 4 is 33.6 Å². The number of likely N-dealkylation sites (tertiary alicyclic amines) is 1. The molecule has 2 aromatic heterocycles. The van der Waals surface area contributed by atoms with Gasteiger partial charge in [-0.1, -0.05) is 0 Å². The number of aryl methyl sites for hydroxylation is 1. The normalized spacial score (nSPS) is 18.4. The highest BCUT2D eigenvalue weighted by Gasteiger charge is 2.55. The van der Waals surface area contributed by atoms with Crippen LogP contribution in [0.1, 0.15) is 33.6 Å². The summed E-state index contributed by atoms with van der Waals surface area (Å²) in [5, 5.41) is 11.4. The van der Waals surface area contributed by atoms with Crippen LogP contribution in [0.5, 0.6) is 5.88 Å². The summed E-state index contributed by atoms with van der Waals surface area (Å²) in [5.74, 6) is -0.681. The van der Waals surface area contributed by atoms with Gasteiger partial charge in [0, 0.05) is 36.5 Å². The van der Waals surface area contributed by atoms with Crippen LogP contribution >= 0.6 is 11.3 Å². The van der Waals surface area contributed by atoms with Gasteiger partial charge in [0.05, 0.1) is 21.3 Å². The van der Waals surface area contributed by atoms with E-state index in [1.165, 1.54) is 11.9 Å².